The van der Waals surface area contributed by atoms with Crippen molar-refractivity contribution in [2.45, 2.75) is 40.0 Å². The van der Waals surface area contributed by atoms with E-state index in [4.69, 9.17) is 0 Å². The lowest BCUT2D eigenvalue weighted by Gasteiger charge is -2.12. The zero-order valence-corrected chi connectivity index (χ0v) is 12.9. The normalized spacial score (nSPS) is 13.1. The van der Waals surface area contributed by atoms with Gasteiger partial charge in [0.05, 0.1) is 0 Å². The summed E-state index contributed by atoms with van der Waals surface area (Å²) in [4.78, 5) is 12.6. The van der Waals surface area contributed by atoms with Crippen LogP contribution in [0.2, 0.25) is 0 Å². The molecule has 2 aromatic carbocycles. The van der Waals surface area contributed by atoms with Gasteiger partial charge >= 0.3 is 0 Å². The summed E-state index contributed by atoms with van der Waals surface area (Å²) < 4.78 is 0. The SMILES string of the molecule is Cc1cc(C)c(C(=O)Nc2ccc3c(c2)CCC3)c(C)c1. The molecule has 0 bridgehead atoms. The first-order valence-electron chi connectivity index (χ1n) is 7.55. The van der Waals surface area contributed by atoms with Gasteiger partial charge in [-0.05, 0) is 74.4 Å². The summed E-state index contributed by atoms with van der Waals surface area (Å²) in [6.07, 6.45) is 3.52. The molecule has 0 unspecified atom stereocenters. The third kappa shape index (κ3) is 2.71. The molecule has 2 nitrogen and oxygen atoms in total. The topological polar surface area (TPSA) is 29.1 Å². The standard InChI is InChI=1S/C19H21NO/c1-12-9-13(2)18(14(3)10-12)19(21)20-17-8-7-15-5-4-6-16(15)11-17/h7-11H,4-6H2,1-3H3,(H,20,21). The van der Waals surface area contributed by atoms with E-state index in [1.807, 2.05) is 19.9 Å². The molecule has 108 valence electrons. The van der Waals surface area contributed by atoms with Gasteiger partial charge in [0.25, 0.3) is 5.91 Å². The largest absolute Gasteiger partial charge is 0.322 e. The number of fused-ring (bicyclic) bond motifs is 1. The summed E-state index contributed by atoms with van der Waals surface area (Å²) in [5.74, 6) is -0.0112. The van der Waals surface area contributed by atoms with Crippen molar-refractivity contribution < 1.29 is 4.79 Å². The van der Waals surface area contributed by atoms with Crippen molar-refractivity contribution in [2.24, 2.45) is 0 Å². The number of benzene rings is 2. The van der Waals surface area contributed by atoms with Crippen LogP contribution in [0, 0.1) is 20.8 Å². The van der Waals surface area contributed by atoms with E-state index in [0.29, 0.717) is 0 Å². The molecule has 1 N–H and O–H groups in total. The van der Waals surface area contributed by atoms with Gasteiger partial charge < -0.3 is 5.32 Å². The highest BCUT2D eigenvalue weighted by Gasteiger charge is 2.15. The predicted octanol–water partition coefficient (Wildman–Crippen LogP) is 4.35. The van der Waals surface area contributed by atoms with Gasteiger partial charge in [0.1, 0.15) is 0 Å². The number of hydrogen-bond acceptors (Lipinski definition) is 1. The lowest BCUT2D eigenvalue weighted by Crippen LogP contribution is -2.15. The number of hydrogen-bond donors (Lipinski definition) is 1. The number of nitrogens with one attached hydrogen (secondary N) is 1. The lowest BCUT2D eigenvalue weighted by molar-refractivity contribution is 0.102. The van der Waals surface area contributed by atoms with E-state index in [1.54, 1.807) is 0 Å². The summed E-state index contributed by atoms with van der Waals surface area (Å²) >= 11 is 0. The number of aryl methyl sites for hydroxylation is 5. The first-order chi connectivity index (χ1) is 10.0. The van der Waals surface area contributed by atoms with Gasteiger partial charge in [-0.15, -0.1) is 0 Å². The van der Waals surface area contributed by atoms with Crippen LogP contribution in [0.25, 0.3) is 0 Å². The minimum Gasteiger partial charge on any atom is -0.322 e. The summed E-state index contributed by atoms with van der Waals surface area (Å²) in [7, 11) is 0. The van der Waals surface area contributed by atoms with Crippen LogP contribution in [0.4, 0.5) is 5.69 Å². The van der Waals surface area contributed by atoms with Crippen molar-refractivity contribution in [3.05, 3.63) is 63.7 Å². The molecular formula is C19H21NO. The molecule has 0 atom stereocenters. The van der Waals surface area contributed by atoms with Crippen LogP contribution in [-0.4, -0.2) is 5.91 Å². The highest BCUT2D eigenvalue weighted by atomic mass is 16.1. The molecule has 0 saturated carbocycles. The molecule has 0 fully saturated rings. The number of carbonyl (C=O) groups excluding carboxylic acids is 1. The number of amides is 1. The predicted molar refractivity (Wildman–Crippen MR) is 87.1 cm³/mol. The molecule has 0 aromatic heterocycles. The molecule has 1 aliphatic carbocycles. The van der Waals surface area contributed by atoms with Crippen LogP contribution in [0.3, 0.4) is 0 Å². The number of carbonyl (C=O) groups is 1. The average molecular weight is 279 g/mol. The van der Waals surface area contributed by atoms with Crippen LogP contribution in [0.5, 0.6) is 0 Å². The average Bonchev–Trinajstić information content (AvgIpc) is 2.84. The fraction of sp³-hybridized carbons (Fsp3) is 0.316. The molecule has 0 aliphatic heterocycles. The molecule has 0 saturated heterocycles. The van der Waals surface area contributed by atoms with Crippen molar-refractivity contribution in [3.8, 4) is 0 Å². The Morgan fingerprint density at radius 3 is 2.33 bits per heavy atom. The van der Waals surface area contributed by atoms with Crippen LogP contribution in [0.15, 0.2) is 30.3 Å². The first kappa shape index (κ1) is 13.9. The van der Waals surface area contributed by atoms with Crippen LogP contribution >= 0.6 is 0 Å². The van der Waals surface area contributed by atoms with Gasteiger partial charge in [0, 0.05) is 11.3 Å². The van der Waals surface area contributed by atoms with Crippen LogP contribution < -0.4 is 5.32 Å². The molecule has 1 amide bonds. The molecule has 0 spiro atoms. The van der Waals surface area contributed by atoms with E-state index in [9.17, 15) is 4.79 Å². The van der Waals surface area contributed by atoms with Gasteiger partial charge in [-0.25, -0.2) is 0 Å². The zero-order valence-electron chi connectivity index (χ0n) is 12.9. The monoisotopic (exact) mass is 279 g/mol. The second-order valence-electron chi connectivity index (χ2n) is 6.06. The molecule has 2 aromatic rings. The number of rotatable bonds is 2. The van der Waals surface area contributed by atoms with Crippen LogP contribution in [-0.2, 0) is 12.8 Å². The molecule has 3 rings (SSSR count). The second-order valence-corrected chi connectivity index (χ2v) is 6.06. The Balaban J connectivity index is 1.87. The Morgan fingerprint density at radius 2 is 1.62 bits per heavy atom. The van der Waals surface area contributed by atoms with Gasteiger partial charge in [-0.3, -0.25) is 4.79 Å². The highest BCUT2D eigenvalue weighted by molar-refractivity contribution is 6.06. The maximum Gasteiger partial charge on any atom is 0.256 e. The van der Waals surface area contributed by atoms with Crippen molar-refractivity contribution in [3.63, 3.8) is 0 Å². The quantitative estimate of drug-likeness (QED) is 0.870. The maximum absolute atomic E-state index is 12.6. The van der Waals surface area contributed by atoms with E-state index < -0.39 is 0 Å². The molecule has 0 radical (unpaired) electrons. The molecule has 2 heteroatoms. The minimum absolute atomic E-state index is 0.0112. The van der Waals surface area contributed by atoms with Crippen molar-refractivity contribution in [2.75, 3.05) is 5.32 Å². The lowest BCUT2D eigenvalue weighted by atomic mass is 9.99. The Kier molecular flexibility index (Phi) is 3.54. The van der Waals surface area contributed by atoms with Gasteiger partial charge in [-0.2, -0.15) is 0 Å². The molecule has 21 heavy (non-hydrogen) atoms. The van der Waals surface area contributed by atoms with E-state index in [2.05, 4.69) is 36.5 Å². The van der Waals surface area contributed by atoms with E-state index in [1.165, 1.54) is 29.5 Å². The van der Waals surface area contributed by atoms with Crippen molar-refractivity contribution >= 4 is 11.6 Å². The fourth-order valence-electron chi connectivity index (χ4n) is 3.38. The molecule has 0 heterocycles. The van der Waals surface area contributed by atoms with Gasteiger partial charge in [-0.1, -0.05) is 23.8 Å². The summed E-state index contributed by atoms with van der Waals surface area (Å²) in [5.41, 5.74) is 7.76. The van der Waals surface area contributed by atoms with Crippen molar-refractivity contribution in [1.82, 2.24) is 0 Å². The van der Waals surface area contributed by atoms with E-state index in [-0.39, 0.29) is 5.91 Å². The number of anilines is 1. The zero-order chi connectivity index (χ0) is 15.0. The smallest absolute Gasteiger partial charge is 0.256 e. The Hall–Kier alpha value is -2.09. The highest BCUT2D eigenvalue weighted by Crippen LogP contribution is 2.25. The second kappa shape index (κ2) is 5.36. The van der Waals surface area contributed by atoms with Gasteiger partial charge in [0.2, 0.25) is 0 Å². The third-order valence-corrected chi connectivity index (χ3v) is 4.26. The fourth-order valence-corrected chi connectivity index (χ4v) is 3.38. The maximum atomic E-state index is 12.6. The molecular weight excluding hydrogens is 258 g/mol. The Labute approximate surface area is 126 Å². The minimum atomic E-state index is -0.0112. The Bertz CT molecular complexity index is 692. The van der Waals surface area contributed by atoms with Crippen LogP contribution in [0.1, 0.15) is 44.6 Å². The van der Waals surface area contributed by atoms with Crippen molar-refractivity contribution in [1.29, 1.82) is 0 Å². The van der Waals surface area contributed by atoms with E-state index in [0.717, 1.165) is 28.8 Å². The van der Waals surface area contributed by atoms with Gasteiger partial charge in [0.15, 0.2) is 0 Å². The summed E-state index contributed by atoms with van der Waals surface area (Å²) in [6, 6.07) is 10.4. The Morgan fingerprint density at radius 1 is 0.952 bits per heavy atom. The summed E-state index contributed by atoms with van der Waals surface area (Å²) in [5, 5.41) is 3.05. The van der Waals surface area contributed by atoms with E-state index >= 15 is 0 Å². The summed E-state index contributed by atoms with van der Waals surface area (Å²) in [6.45, 7) is 6.05. The molecule has 1 aliphatic rings. The first-order valence-corrected chi connectivity index (χ1v) is 7.55. The third-order valence-electron chi connectivity index (χ3n) is 4.26.